The van der Waals surface area contributed by atoms with E-state index < -0.39 is 5.41 Å². The van der Waals surface area contributed by atoms with Gasteiger partial charge in [0.25, 0.3) is 0 Å². The molecule has 0 saturated carbocycles. The molecule has 1 aliphatic rings. The number of nitrogens with zero attached hydrogens (tertiary/aromatic N) is 1. The molecule has 1 aliphatic carbocycles. The lowest BCUT2D eigenvalue weighted by atomic mass is 9.68. The monoisotopic (exact) mass is 777 g/mol. The zero-order chi connectivity index (χ0) is 40.3. The van der Waals surface area contributed by atoms with Gasteiger partial charge in [0.15, 0.2) is 0 Å². The van der Waals surface area contributed by atoms with Gasteiger partial charge >= 0.3 is 0 Å². The molecule has 0 amide bonds. The van der Waals surface area contributed by atoms with Crippen molar-refractivity contribution in [3.63, 3.8) is 0 Å². The van der Waals surface area contributed by atoms with Crippen molar-refractivity contribution in [2.24, 2.45) is 0 Å². The standard InChI is InChI=1S/C59H39NO/c1-4-18-40(19-5-1)41-34-37-45(38-35-41)60(54-32-15-13-26-47(54)48-28-16-29-49-50-39-36-42-20-10-11-25-46(42)57(50)61-58(48)49)55-33-17-31-53-56(55)51-27-12-14-30-52(51)59(53,43-21-6-2-7-22-43)44-23-8-3-9-24-44/h1-39H. The third-order valence-electron chi connectivity index (χ3n) is 12.8. The minimum Gasteiger partial charge on any atom is -0.455 e. The number of hydrogen-bond acceptors (Lipinski definition) is 2. The molecular weight excluding hydrogens is 739 g/mol. The minimum absolute atomic E-state index is 0.532. The van der Waals surface area contributed by atoms with Crippen LogP contribution in [0.15, 0.2) is 241 Å². The van der Waals surface area contributed by atoms with Crippen molar-refractivity contribution in [3.8, 4) is 33.4 Å². The maximum absolute atomic E-state index is 6.99. The normalized spacial score (nSPS) is 12.7. The van der Waals surface area contributed by atoms with Crippen LogP contribution < -0.4 is 4.90 Å². The molecule has 286 valence electrons. The van der Waals surface area contributed by atoms with Gasteiger partial charge in [0.1, 0.15) is 11.2 Å². The van der Waals surface area contributed by atoms with E-state index in [9.17, 15) is 0 Å². The summed E-state index contributed by atoms with van der Waals surface area (Å²) < 4.78 is 6.99. The molecule has 0 radical (unpaired) electrons. The summed E-state index contributed by atoms with van der Waals surface area (Å²) in [5.41, 5.74) is 16.5. The maximum Gasteiger partial charge on any atom is 0.143 e. The molecule has 0 spiro atoms. The fraction of sp³-hybridized carbons (Fsp3) is 0.0169. The van der Waals surface area contributed by atoms with Crippen molar-refractivity contribution in [2.75, 3.05) is 4.90 Å². The number of benzene rings is 10. The Hall–Kier alpha value is -7.94. The van der Waals surface area contributed by atoms with Gasteiger partial charge in [-0.05, 0) is 74.7 Å². The number of rotatable bonds is 7. The second-order valence-electron chi connectivity index (χ2n) is 15.9. The Kier molecular flexibility index (Phi) is 8.11. The van der Waals surface area contributed by atoms with Gasteiger partial charge in [-0.25, -0.2) is 0 Å². The highest BCUT2D eigenvalue weighted by atomic mass is 16.3. The molecule has 0 N–H and O–H groups in total. The Morgan fingerprint density at radius 2 is 0.869 bits per heavy atom. The van der Waals surface area contributed by atoms with Crippen LogP contribution in [0.3, 0.4) is 0 Å². The van der Waals surface area contributed by atoms with Crippen LogP contribution in [0.1, 0.15) is 22.3 Å². The molecule has 12 rings (SSSR count). The van der Waals surface area contributed by atoms with E-state index in [1.54, 1.807) is 0 Å². The topological polar surface area (TPSA) is 16.4 Å². The lowest BCUT2D eigenvalue weighted by molar-refractivity contribution is 0.674. The molecule has 2 nitrogen and oxygen atoms in total. The van der Waals surface area contributed by atoms with Gasteiger partial charge in [0.2, 0.25) is 0 Å². The Morgan fingerprint density at radius 3 is 1.64 bits per heavy atom. The summed E-state index contributed by atoms with van der Waals surface area (Å²) in [6.45, 7) is 0. The summed E-state index contributed by atoms with van der Waals surface area (Å²) in [5.74, 6) is 0. The lowest BCUT2D eigenvalue weighted by Gasteiger charge is -2.34. The van der Waals surface area contributed by atoms with Gasteiger partial charge in [-0.3, -0.25) is 0 Å². The van der Waals surface area contributed by atoms with Crippen LogP contribution in [0, 0.1) is 0 Å². The fourth-order valence-corrected chi connectivity index (χ4v) is 10.1. The number of furan rings is 1. The van der Waals surface area contributed by atoms with Crippen molar-refractivity contribution in [1.29, 1.82) is 0 Å². The first-order valence-electron chi connectivity index (χ1n) is 21.0. The first-order chi connectivity index (χ1) is 30.3. The summed E-state index contributed by atoms with van der Waals surface area (Å²) in [6, 6.07) is 85.9. The van der Waals surface area contributed by atoms with Crippen molar-refractivity contribution in [2.45, 2.75) is 5.41 Å². The Labute approximate surface area is 355 Å². The molecule has 0 bridgehead atoms. The molecule has 11 aromatic rings. The zero-order valence-electron chi connectivity index (χ0n) is 33.4. The maximum atomic E-state index is 6.99. The van der Waals surface area contributed by atoms with Crippen LogP contribution in [-0.2, 0) is 5.41 Å². The molecule has 0 fully saturated rings. The molecule has 0 unspecified atom stereocenters. The number of anilines is 3. The van der Waals surface area contributed by atoms with Crippen LogP contribution in [0.25, 0.3) is 66.1 Å². The van der Waals surface area contributed by atoms with E-state index in [2.05, 4.69) is 241 Å². The summed E-state index contributed by atoms with van der Waals surface area (Å²) in [4.78, 5) is 2.47. The van der Waals surface area contributed by atoms with E-state index in [1.165, 1.54) is 49.9 Å². The molecule has 10 aromatic carbocycles. The van der Waals surface area contributed by atoms with E-state index in [-0.39, 0.29) is 0 Å². The number of fused-ring (bicyclic) bond motifs is 8. The summed E-state index contributed by atoms with van der Waals surface area (Å²) in [6.07, 6.45) is 0. The van der Waals surface area contributed by atoms with Crippen LogP contribution in [0.4, 0.5) is 17.1 Å². The van der Waals surface area contributed by atoms with E-state index in [0.717, 1.165) is 55.5 Å². The molecule has 1 aromatic heterocycles. The molecule has 2 heteroatoms. The third-order valence-corrected chi connectivity index (χ3v) is 12.8. The first-order valence-corrected chi connectivity index (χ1v) is 21.0. The Morgan fingerprint density at radius 1 is 0.328 bits per heavy atom. The summed E-state index contributed by atoms with van der Waals surface area (Å²) >= 11 is 0. The van der Waals surface area contributed by atoms with Crippen LogP contribution in [-0.4, -0.2) is 0 Å². The predicted molar refractivity (Wildman–Crippen MR) is 254 cm³/mol. The molecule has 61 heavy (non-hydrogen) atoms. The molecule has 0 atom stereocenters. The van der Waals surface area contributed by atoms with Gasteiger partial charge in [0, 0.05) is 38.5 Å². The van der Waals surface area contributed by atoms with E-state index in [4.69, 9.17) is 4.42 Å². The largest absolute Gasteiger partial charge is 0.455 e. The molecule has 0 aliphatic heterocycles. The predicted octanol–water partition coefficient (Wildman–Crippen LogP) is 15.9. The quantitative estimate of drug-likeness (QED) is 0.160. The van der Waals surface area contributed by atoms with E-state index in [1.807, 2.05) is 0 Å². The Bertz CT molecular complexity index is 3360. The van der Waals surface area contributed by atoms with Crippen molar-refractivity contribution in [1.82, 2.24) is 0 Å². The van der Waals surface area contributed by atoms with Crippen molar-refractivity contribution < 1.29 is 4.42 Å². The second kappa shape index (κ2) is 14.1. The van der Waals surface area contributed by atoms with Gasteiger partial charge in [-0.2, -0.15) is 0 Å². The highest BCUT2D eigenvalue weighted by Gasteiger charge is 2.47. The fourth-order valence-electron chi connectivity index (χ4n) is 10.1. The average Bonchev–Trinajstić information content (AvgIpc) is 3.88. The zero-order valence-corrected chi connectivity index (χ0v) is 33.4. The van der Waals surface area contributed by atoms with Crippen molar-refractivity contribution >= 4 is 49.8 Å². The third kappa shape index (κ3) is 5.36. The van der Waals surface area contributed by atoms with Gasteiger partial charge in [-0.1, -0.05) is 206 Å². The van der Waals surface area contributed by atoms with E-state index >= 15 is 0 Å². The SMILES string of the molecule is c1ccc(-c2ccc(N(c3ccccc3-c3cccc4c3oc3c5ccccc5ccc43)c3cccc4c3-c3ccccc3C4(c3ccccc3)c3ccccc3)cc2)cc1. The van der Waals surface area contributed by atoms with Crippen LogP contribution in [0.5, 0.6) is 0 Å². The highest BCUT2D eigenvalue weighted by Crippen LogP contribution is 2.60. The summed E-state index contributed by atoms with van der Waals surface area (Å²) in [5, 5.41) is 4.52. The average molecular weight is 778 g/mol. The van der Waals surface area contributed by atoms with Crippen LogP contribution >= 0.6 is 0 Å². The smallest absolute Gasteiger partial charge is 0.143 e. The highest BCUT2D eigenvalue weighted by molar-refractivity contribution is 6.17. The van der Waals surface area contributed by atoms with E-state index in [0.29, 0.717) is 0 Å². The Balaban J connectivity index is 1.14. The molecular formula is C59H39NO. The van der Waals surface area contributed by atoms with Gasteiger partial charge in [0.05, 0.1) is 16.8 Å². The summed E-state index contributed by atoms with van der Waals surface area (Å²) in [7, 11) is 0. The minimum atomic E-state index is -0.532. The van der Waals surface area contributed by atoms with Crippen molar-refractivity contribution in [3.05, 3.63) is 259 Å². The lowest BCUT2D eigenvalue weighted by Crippen LogP contribution is -2.28. The molecule has 0 saturated heterocycles. The number of para-hydroxylation sites is 2. The first kappa shape index (κ1) is 35.0. The second-order valence-corrected chi connectivity index (χ2v) is 15.9. The molecule has 1 heterocycles. The van der Waals surface area contributed by atoms with Crippen LogP contribution in [0.2, 0.25) is 0 Å². The number of hydrogen-bond donors (Lipinski definition) is 0. The van der Waals surface area contributed by atoms with Gasteiger partial charge in [-0.15, -0.1) is 0 Å². The van der Waals surface area contributed by atoms with Gasteiger partial charge < -0.3 is 9.32 Å².